The Hall–Kier alpha value is -1.71. The van der Waals surface area contributed by atoms with E-state index in [9.17, 15) is 0 Å². The fourth-order valence-electron chi connectivity index (χ4n) is 5.88. The molecule has 3 heteroatoms. The van der Waals surface area contributed by atoms with Crippen molar-refractivity contribution in [2.75, 3.05) is 0 Å². The first-order valence-corrected chi connectivity index (χ1v) is 18.0. The summed E-state index contributed by atoms with van der Waals surface area (Å²) in [6.07, 6.45) is 4.07. The molecule has 37 heavy (non-hydrogen) atoms. The van der Waals surface area contributed by atoms with Gasteiger partial charge in [0.15, 0.2) is 0 Å². The van der Waals surface area contributed by atoms with Crippen LogP contribution in [-0.2, 0) is 21.7 Å². The summed E-state index contributed by atoms with van der Waals surface area (Å²) in [6, 6.07) is 28.3. The second-order valence-corrected chi connectivity index (χ2v) is 20.8. The zero-order chi connectivity index (χ0) is 24.9. The number of rotatable bonds is 5. The summed E-state index contributed by atoms with van der Waals surface area (Å²) >= 11 is 0. The van der Waals surface area contributed by atoms with Crippen molar-refractivity contribution >= 4 is 36.9 Å². The standard InChI is InChI=1S/C32H39Si2.2CH3.Ti/c1-23-15-17-29(18-16-23)34(28-13-11-10-12-14-28,32(6)22-25(3)26(4)27(32)5)31-20-24(2)19-30(21-31)33(7,8)9;;;/h10-21H,1-9H3;2*1H3;/q3*-1;+3. The molecule has 0 saturated carbocycles. The second-order valence-electron chi connectivity index (χ2n) is 11.4. The molecule has 2 atom stereocenters. The Labute approximate surface area is 245 Å². The van der Waals surface area contributed by atoms with E-state index >= 15 is 0 Å². The van der Waals surface area contributed by atoms with Crippen molar-refractivity contribution in [2.45, 2.75) is 66.2 Å². The maximum absolute atomic E-state index is 4.07. The van der Waals surface area contributed by atoms with E-state index in [2.05, 4.69) is 140 Å². The van der Waals surface area contributed by atoms with Crippen molar-refractivity contribution < 1.29 is 21.7 Å². The van der Waals surface area contributed by atoms with E-state index in [1.165, 1.54) is 43.4 Å². The van der Waals surface area contributed by atoms with Crippen LogP contribution in [0.5, 0.6) is 0 Å². The van der Waals surface area contributed by atoms with Crippen LogP contribution in [0, 0.1) is 34.8 Å². The van der Waals surface area contributed by atoms with Crippen molar-refractivity contribution in [3.05, 3.63) is 122 Å². The monoisotopic (exact) mass is 557 g/mol. The van der Waals surface area contributed by atoms with Crippen LogP contribution in [0.4, 0.5) is 0 Å². The molecule has 2 unspecified atom stereocenters. The molecular formula is C34H45Si2Ti. The van der Waals surface area contributed by atoms with Crippen molar-refractivity contribution in [2.24, 2.45) is 0 Å². The average Bonchev–Trinajstić information content (AvgIpc) is 2.98. The largest absolute Gasteiger partial charge is 3.00 e. The number of benzene rings is 3. The van der Waals surface area contributed by atoms with E-state index in [1.807, 2.05) is 0 Å². The maximum atomic E-state index is 4.07. The van der Waals surface area contributed by atoms with Gasteiger partial charge < -0.3 is 14.9 Å². The zero-order valence-corrected chi connectivity index (χ0v) is 28.5. The average molecular weight is 558 g/mol. The third kappa shape index (κ3) is 5.55. The van der Waals surface area contributed by atoms with Crippen LogP contribution in [0.25, 0.3) is 0 Å². The topological polar surface area (TPSA) is 0 Å². The summed E-state index contributed by atoms with van der Waals surface area (Å²) in [7, 11) is -4.10. The summed E-state index contributed by atoms with van der Waals surface area (Å²) in [4.78, 5) is 0. The molecule has 0 bridgehead atoms. The van der Waals surface area contributed by atoms with Gasteiger partial charge in [0.25, 0.3) is 0 Å². The summed E-state index contributed by atoms with van der Waals surface area (Å²) < 4.78 is 0. The van der Waals surface area contributed by atoms with Crippen LogP contribution < -0.4 is 20.7 Å². The van der Waals surface area contributed by atoms with Gasteiger partial charge in [-0.2, -0.15) is 11.1 Å². The van der Waals surface area contributed by atoms with Crippen molar-refractivity contribution in [1.82, 2.24) is 0 Å². The first-order valence-electron chi connectivity index (χ1n) is 12.5. The molecule has 3 aromatic carbocycles. The fraction of sp³-hybridized carbons (Fsp3) is 0.294. The first-order chi connectivity index (χ1) is 15.9. The van der Waals surface area contributed by atoms with Gasteiger partial charge in [-0.3, -0.25) is 6.08 Å². The molecule has 0 N–H and O–H groups in total. The molecule has 1 aliphatic carbocycles. The van der Waals surface area contributed by atoms with E-state index in [0.717, 1.165) is 0 Å². The predicted molar refractivity (Wildman–Crippen MR) is 168 cm³/mol. The predicted octanol–water partition coefficient (Wildman–Crippen LogP) is 7.08. The Morgan fingerprint density at radius 2 is 1.14 bits per heavy atom. The van der Waals surface area contributed by atoms with Crippen LogP contribution in [0.15, 0.2) is 89.5 Å². The molecule has 0 spiro atoms. The zero-order valence-electron chi connectivity index (χ0n) is 24.9. The van der Waals surface area contributed by atoms with E-state index in [-0.39, 0.29) is 41.6 Å². The van der Waals surface area contributed by atoms with Gasteiger partial charge in [-0.1, -0.05) is 135 Å². The second kappa shape index (κ2) is 12.0. The van der Waals surface area contributed by atoms with Crippen LogP contribution >= 0.6 is 0 Å². The Morgan fingerprint density at radius 1 is 0.622 bits per heavy atom. The third-order valence-electron chi connectivity index (χ3n) is 8.13. The molecule has 193 valence electrons. The fourth-order valence-corrected chi connectivity index (χ4v) is 13.3. The van der Waals surface area contributed by atoms with Crippen molar-refractivity contribution in [3.8, 4) is 0 Å². The summed E-state index contributed by atoms with van der Waals surface area (Å²) in [5.41, 5.74) is 6.86. The number of hydrogen-bond acceptors (Lipinski definition) is 0. The molecule has 0 aromatic heterocycles. The molecule has 0 saturated heterocycles. The van der Waals surface area contributed by atoms with Gasteiger partial charge in [-0.05, 0) is 29.4 Å². The van der Waals surface area contributed by atoms with E-state index in [0.29, 0.717) is 0 Å². The quantitative estimate of drug-likeness (QED) is 0.179. The summed E-state index contributed by atoms with van der Waals surface area (Å²) in [5.74, 6) is 0. The van der Waals surface area contributed by atoms with E-state index in [4.69, 9.17) is 0 Å². The molecule has 0 nitrogen and oxygen atoms in total. The van der Waals surface area contributed by atoms with Gasteiger partial charge in [0.05, 0.1) is 8.07 Å². The van der Waals surface area contributed by atoms with E-state index < -0.39 is 16.1 Å². The Morgan fingerprint density at radius 3 is 1.62 bits per heavy atom. The molecule has 0 fully saturated rings. The molecule has 4 rings (SSSR count). The molecule has 0 heterocycles. The molecule has 3 aromatic rings. The molecular weight excluding hydrogens is 512 g/mol. The Kier molecular flexibility index (Phi) is 10.8. The Bertz CT molecular complexity index is 1280. The minimum Gasteiger partial charge on any atom is -0.358 e. The van der Waals surface area contributed by atoms with Crippen LogP contribution in [-0.4, -0.2) is 16.1 Å². The summed E-state index contributed by atoms with van der Waals surface area (Å²) in [6.45, 7) is 21.2. The Balaban J connectivity index is 0.00000228. The van der Waals surface area contributed by atoms with Gasteiger partial charge in [0, 0.05) is 0 Å². The number of aryl methyl sites for hydroxylation is 2. The third-order valence-corrected chi connectivity index (χ3v) is 15.7. The normalized spacial score (nSPS) is 18.7. The van der Waals surface area contributed by atoms with Crippen LogP contribution in [0.2, 0.25) is 24.7 Å². The number of hydrogen-bond donors (Lipinski definition) is 0. The molecule has 0 aliphatic heterocycles. The smallest absolute Gasteiger partial charge is 0.358 e. The van der Waals surface area contributed by atoms with Gasteiger partial charge in [-0.25, -0.2) is 5.57 Å². The minimum atomic E-state index is -2.59. The van der Waals surface area contributed by atoms with Crippen LogP contribution in [0.3, 0.4) is 0 Å². The SMILES string of the molecule is CC1=[C-]C(C)([Si](c2ccccc2)(c2ccc(C)cc2)c2cc(C)cc([Si](C)(C)C)c2)C(C)=C1C.[CH3-].[CH3-].[Ti+3]. The van der Waals surface area contributed by atoms with Crippen molar-refractivity contribution in [3.63, 3.8) is 0 Å². The summed E-state index contributed by atoms with van der Waals surface area (Å²) in [5, 5.41) is 5.80. The van der Waals surface area contributed by atoms with Crippen molar-refractivity contribution in [1.29, 1.82) is 0 Å². The van der Waals surface area contributed by atoms with Gasteiger partial charge in [0.2, 0.25) is 0 Å². The number of allylic oxidation sites excluding steroid dienone is 4. The minimum absolute atomic E-state index is 0. The van der Waals surface area contributed by atoms with Gasteiger partial charge in [-0.15, -0.1) is 6.92 Å². The van der Waals surface area contributed by atoms with Gasteiger partial charge in [0.1, 0.15) is 8.07 Å². The molecule has 0 amide bonds. The van der Waals surface area contributed by atoms with Crippen LogP contribution in [0.1, 0.15) is 38.8 Å². The molecule has 1 aliphatic rings. The maximum Gasteiger partial charge on any atom is 3.00 e. The molecule has 1 radical (unpaired) electrons. The van der Waals surface area contributed by atoms with Gasteiger partial charge >= 0.3 is 21.7 Å². The first kappa shape index (κ1) is 33.3. The van der Waals surface area contributed by atoms with E-state index in [1.54, 1.807) is 5.19 Å².